The summed E-state index contributed by atoms with van der Waals surface area (Å²) in [7, 11) is 0. The first kappa shape index (κ1) is 21.5. The summed E-state index contributed by atoms with van der Waals surface area (Å²) in [4.78, 5) is 28.8. The van der Waals surface area contributed by atoms with E-state index in [1.54, 1.807) is 0 Å². The summed E-state index contributed by atoms with van der Waals surface area (Å²) in [6, 6.07) is 7.68. The second-order valence-electron chi connectivity index (χ2n) is 8.82. The van der Waals surface area contributed by atoms with Crippen LogP contribution in [0, 0.1) is 11.3 Å². The summed E-state index contributed by atoms with van der Waals surface area (Å²) in [5.74, 6) is -0.678. The number of nitrogens with zero attached hydrogens (tertiary/aromatic N) is 2. The molecule has 1 aliphatic carbocycles. The van der Waals surface area contributed by atoms with Crippen LogP contribution in [0.2, 0.25) is 5.02 Å². The van der Waals surface area contributed by atoms with E-state index in [4.69, 9.17) is 11.6 Å². The topological polar surface area (TPSA) is 40.6 Å². The first-order valence-corrected chi connectivity index (χ1v) is 11.0. The van der Waals surface area contributed by atoms with Gasteiger partial charge in [0.1, 0.15) is 5.41 Å². The van der Waals surface area contributed by atoms with Crippen molar-refractivity contribution in [1.82, 2.24) is 9.80 Å². The van der Waals surface area contributed by atoms with Crippen LogP contribution in [0.3, 0.4) is 0 Å². The quantitative estimate of drug-likeness (QED) is 0.685. The van der Waals surface area contributed by atoms with E-state index in [9.17, 15) is 22.8 Å². The van der Waals surface area contributed by atoms with E-state index in [-0.39, 0.29) is 43.7 Å². The number of likely N-dealkylation sites (tertiary alicyclic amines) is 2. The Labute approximate surface area is 179 Å². The van der Waals surface area contributed by atoms with Gasteiger partial charge in [-0.05, 0) is 49.8 Å². The third-order valence-electron chi connectivity index (χ3n) is 7.13. The van der Waals surface area contributed by atoms with Crippen molar-refractivity contribution in [3.05, 3.63) is 34.9 Å². The largest absolute Gasteiger partial charge is 0.403 e. The summed E-state index contributed by atoms with van der Waals surface area (Å²) in [5.41, 5.74) is -1.03. The number of rotatable bonds is 3. The van der Waals surface area contributed by atoms with Gasteiger partial charge in [0.2, 0.25) is 11.8 Å². The normalized spacial score (nSPS) is 24.6. The van der Waals surface area contributed by atoms with E-state index in [1.807, 2.05) is 29.2 Å². The molecule has 1 aromatic carbocycles. The molecule has 2 amide bonds. The Bertz CT molecular complexity index is 800. The number of piperidine rings is 1. The summed E-state index contributed by atoms with van der Waals surface area (Å²) >= 11 is 5.94. The molecule has 1 atom stereocenters. The molecule has 1 aromatic rings. The molecule has 4 nitrogen and oxygen atoms in total. The van der Waals surface area contributed by atoms with Crippen LogP contribution >= 0.6 is 11.6 Å². The average molecular weight is 443 g/mol. The Morgan fingerprint density at radius 1 is 0.967 bits per heavy atom. The monoisotopic (exact) mass is 442 g/mol. The SMILES string of the molecule is O=C(C1CCN(C(=O)C2(C(F)(F)F)CCC2)CC1)N1CC[C@H](c2ccc(Cl)cc2)C1. The van der Waals surface area contributed by atoms with Crippen LogP contribution in [0.5, 0.6) is 0 Å². The molecule has 0 N–H and O–H groups in total. The summed E-state index contributed by atoms with van der Waals surface area (Å²) in [5, 5.41) is 0.681. The molecule has 0 spiro atoms. The molecule has 8 heteroatoms. The molecule has 0 radical (unpaired) electrons. The van der Waals surface area contributed by atoms with Crippen LogP contribution in [0.1, 0.15) is 50.0 Å². The number of benzene rings is 1. The standard InChI is InChI=1S/C22H26ClF3N2O2/c23-18-4-2-15(3-5-18)17-8-13-28(14-17)19(29)16-6-11-27(12-7-16)20(30)21(9-1-10-21)22(24,25)26/h2-5,16-17H,1,6-14H2/t17-/m0/s1. The predicted octanol–water partition coefficient (Wildman–Crippen LogP) is 4.63. The second-order valence-corrected chi connectivity index (χ2v) is 9.26. The van der Waals surface area contributed by atoms with Gasteiger partial charge >= 0.3 is 6.18 Å². The molecular formula is C22H26ClF3N2O2. The van der Waals surface area contributed by atoms with E-state index in [0.717, 1.165) is 12.0 Å². The van der Waals surface area contributed by atoms with Crippen LogP contribution in [0.25, 0.3) is 0 Å². The molecule has 3 aliphatic rings. The Morgan fingerprint density at radius 3 is 2.10 bits per heavy atom. The van der Waals surface area contributed by atoms with Crippen molar-refractivity contribution >= 4 is 23.4 Å². The van der Waals surface area contributed by atoms with E-state index in [1.165, 1.54) is 4.90 Å². The molecule has 4 rings (SSSR count). The molecule has 0 bridgehead atoms. The minimum atomic E-state index is -4.50. The number of carbonyl (C=O) groups is 2. The van der Waals surface area contributed by atoms with Gasteiger partial charge in [-0.25, -0.2) is 0 Å². The second kappa shape index (κ2) is 8.06. The Hall–Kier alpha value is -1.76. The third-order valence-corrected chi connectivity index (χ3v) is 7.38. The van der Waals surface area contributed by atoms with Crippen LogP contribution < -0.4 is 0 Å². The molecule has 1 saturated carbocycles. The maximum atomic E-state index is 13.5. The zero-order valence-corrected chi connectivity index (χ0v) is 17.5. The minimum Gasteiger partial charge on any atom is -0.342 e. The van der Waals surface area contributed by atoms with Gasteiger partial charge in [0.05, 0.1) is 0 Å². The van der Waals surface area contributed by atoms with Gasteiger partial charge in [-0.15, -0.1) is 0 Å². The van der Waals surface area contributed by atoms with Gasteiger partial charge in [-0.1, -0.05) is 30.2 Å². The first-order valence-electron chi connectivity index (χ1n) is 10.6. The zero-order chi connectivity index (χ0) is 21.5. The smallest absolute Gasteiger partial charge is 0.342 e. The minimum absolute atomic E-state index is 0.0627. The maximum absolute atomic E-state index is 13.5. The van der Waals surface area contributed by atoms with Crippen LogP contribution in [-0.2, 0) is 9.59 Å². The number of hydrogen-bond acceptors (Lipinski definition) is 2. The highest BCUT2D eigenvalue weighted by Gasteiger charge is 2.64. The number of alkyl halides is 3. The van der Waals surface area contributed by atoms with Crippen molar-refractivity contribution in [3.63, 3.8) is 0 Å². The molecule has 2 heterocycles. The van der Waals surface area contributed by atoms with Crippen molar-refractivity contribution in [3.8, 4) is 0 Å². The fraction of sp³-hybridized carbons (Fsp3) is 0.636. The lowest BCUT2D eigenvalue weighted by Gasteiger charge is -2.45. The van der Waals surface area contributed by atoms with Gasteiger partial charge in [0.25, 0.3) is 0 Å². The van der Waals surface area contributed by atoms with Crippen molar-refractivity contribution in [2.45, 2.75) is 50.6 Å². The van der Waals surface area contributed by atoms with Crippen molar-refractivity contribution < 1.29 is 22.8 Å². The molecule has 3 fully saturated rings. The van der Waals surface area contributed by atoms with Crippen LogP contribution in [0.4, 0.5) is 13.2 Å². The molecule has 30 heavy (non-hydrogen) atoms. The van der Waals surface area contributed by atoms with E-state index in [0.29, 0.717) is 37.4 Å². The predicted molar refractivity (Wildman–Crippen MR) is 107 cm³/mol. The van der Waals surface area contributed by atoms with Crippen LogP contribution in [0.15, 0.2) is 24.3 Å². The highest BCUT2D eigenvalue weighted by atomic mass is 35.5. The Morgan fingerprint density at radius 2 is 1.57 bits per heavy atom. The molecule has 2 aliphatic heterocycles. The van der Waals surface area contributed by atoms with Gasteiger partial charge in [-0.3, -0.25) is 9.59 Å². The molecular weight excluding hydrogens is 417 g/mol. The molecule has 0 unspecified atom stereocenters. The van der Waals surface area contributed by atoms with Crippen LogP contribution in [-0.4, -0.2) is 54.0 Å². The highest BCUT2D eigenvalue weighted by Crippen LogP contribution is 2.54. The first-order chi connectivity index (χ1) is 14.2. The van der Waals surface area contributed by atoms with Crippen molar-refractivity contribution in [2.24, 2.45) is 11.3 Å². The van der Waals surface area contributed by atoms with E-state index >= 15 is 0 Å². The lowest BCUT2D eigenvalue weighted by molar-refractivity contribution is -0.249. The molecule has 2 saturated heterocycles. The maximum Gasteiger partial charge on any atom is 0.403 e. The average Bonchev–Trinajstić information content (AvgIpc) is 3.16. The van der Waals surface area contributed by atoms with Gasteiger partial charge < -0.3 is 9.80 Å². The fourth-order valence-electron chi connectivity index (χ4n) is 5.01. The highest BCUT2D eigenvalue weighted by molar-refractivity contribution is 6.30. The van der Waals surface area contributed by atoms with Gasteiger partial charge in [0.15, 0.2) is 0 Å². The third kappa shape index (κ3) is 3.81. The Kier molecular flexibility index (Phi) is 5.77. The summed E-state index contributed by atoms with van der Waals surface area (Å²) in [6.07, 6.45) is -2.55. The fourth-order valence-corrected chi connectivity index (χ4v) is 5.13. The van der Waals surface area contributed by atoms with E-state index < -0.39 is 17.5 Å². The molecule has 164 valence electrons. The lowest BCUT2D eigenvalue weighted by atomic mass is 9.67. The number of hydrogen-bond donors (Lipinski definition) is 0. The number of halogens is 4. The zero-order valence-electron chi connectivity index (χ0n) is 16.8. The van der Waals surface area contributed by atoms with Crippen molar-refractivity contribution in [2.75, 3.05) is 26.2 Å². The summed E-state index contributed by atoms with van der Waals surface area (Å²) in [6.45, 7) is 1.78. The van der Waals surface area contributed by atoms with E-state index in [2.05, 4.69) is 0 Å². The lowest BCUT2D eigenvalue weighted by Crippen LogP contribution is -2.57. The van der Waals surface area contributed by atoms with Gasteiger partial charge in [-0.2, -0.15) is 13.2 Å². The summed E-state index contributed by atoms with van der Waals surface area (Å²) < 4.78 is 40.4. The van der Waals surface area contributed by atoms with Gasteiger partial charge in [0, 0.05) is 43.0 Å². The van der Waals surface area contributed by atoms with Crippen molar-refractivity contribution in [1.29, 1.82) is 0 Å². The number of carbonyl (C=O) groups excluding carboxylic acids is 2. The number of amides is 2. The molecule has 0 aromatic heterocycles. The Balaban J connectivity index is 1.32.